The van der Waals surface area contributed by atoms with Crippen LogP contribution in [0, 0.1) is 5.92 Å². The van der Waals surface area contributed by atoms with Gasteiger partial charge in [-0.3, -0.25) is 4.79 Å². The molecule has 1 amide bonds. The Morgan fingerprint density at radius 3 is 2.44 bits per heavy atom. The monoisotopic (exact) mass is 221 g/mol. The zero-order chi connectivity index (χ0) is 12.0. The maximum absolute atomic E-state index is 11.9. The van der Waals surface area contributed by atoms with Crippen LogP contribution in [-0.2, 0) is 11.3 Å². The van der Waals surface area contributed by atoms with E-state index in [9.17, 15) is 4.79 Å². The van der Waals surface area contributed by atoms with E-state index in [2.05, 4.69) is 0 Å². The molecule has 0 unspecified atom stereocenters. The number of nitrogens with zero attached hydrogens (tertiary/aromatic N) is 1. The standard InChI is InChI=1S/C13H19NO2/c1-11(2)13(16)14(8-9-15)10-12-6-4-3-5-7-12/h3-7,11,15H,8-10H2,1-2H3. The fourth-order valence-corrected chi connectivity index (χ4v) is 1.56. The lowest BCUT2D eigenvalue weighted by atomic mass is 10.1. The maximum Gasteiger partial charge on any atom is 0.225 e. The van der Waals surface area contributed by atoms with Crippen molar-refractivity contribution in [3.63, 3.8) is 0 Å². The molecule has 1 aromatic carbocycles. The fraction of sp³-hybridized carbons (Fsp3) is 0.462. The van der Waals surface area contributed by atoms with Crippen molar-refractivity contribution < 1.29 is 9.90 Å². The first-order valence-electron chi connectivity index (χ1n) is 5.58. The number of amides is 1. The number of rotatable bonds is 5. The summed E-state index contributed by atoms with van der Waals surface area (Å²) in [6.45, 7) is 4.71. The summed E-state index contributed by atoms with van der Waals surface area (Å²) in [6, 6.07) is 9.82. The number of benzene rings is 1. The van der Waals surface area contributed by atoms with Gasteiger partial charge in [-0.1, -0.05) is 44.2 Å². The molecule has 0 atom stereocenters. The summed E-state index contributed by atoms with van der Waals surface area (Å²) < 4.78 is 0. The molecule has 0 saturated heterocycles. The number of hydrogen-bond acceptors (Lipinski definition) is 2. The molecule has 0 radical (unpaired) electrons. The molecule has 16 heavy (non-hydrogen) atoms. The lowest BCUT2D eigenvalue weighted by molar-refractivity contribution is -0.135. The van der Waals surface area contributed by atoms with Gasteiger partial charge in [-0.2, -0.15) is 0 Å². The Kier molecular flexibility index (Phi) is 4.99. The van der Waals surface area contributed by atoms with Gasteiger partial charge in [-0.25, -0.2) is 0 Å². The maximum atomic E-state index is 11.9. The van der Waals surface area contributed by atoms with E-state index in [0.717, 1.165) is 5.56 Å². The molecule has 0 saturated carbocycles. The summed E-state index contributed by atoms with van der Waals surface area (Å²) >= 11 is 0. The molecule has 88 valence electrons. The van der Waals surface area contributed by atoms with Gasteiger partial charge in [0.15, 0.2) is 0 Å². The van der Waals surface area contributed by atoms with E-state index in [0.29, 0.717) is 13.1 Å². The van der Waals surface area contributed by atoms with Crippen LogP contribution in [0.3, 0.4) is 0 Å². The molecule has 0 spiro atoms. The summed E-state index contributed by atoms with van der Waals surface area (Å²) in [5, 5.41) is 8.95. The van der Waals surface area contributed by atoms with Crippen LogP contribution in [0.15, 0.2) is 30.3 Å². The highest BCUT2D eigenvalue weighted by atomic mass is 16.3. The molecule has 1 N–H and O–H groups in total. The molecule has 0 heterocycles. The van der Waals surface area contributed by atoms with E-state index in [4.69, 9.17) is 5.11 Å². The predicted octanol–water partition coefficient (Wildman–Crippen LogP) is 1.66. The third-order valence-electron chi connectivity index (χ3n) is 2.39. The van der Waals surface area contributed by atoms with Crippen molar-refractivity contribution in [3.8, 4) is 0 Å². The van der Waals surface area contributed by atoms with Gasteiger partial charge in [0.1, 0.15) is 0 Å². The second-order valence-electron chi connectivity index (χ2n) is 4.12. The van der Waals surface area contributed by atoms with Gasteiger partial charge >= 0.3 is 0 Å². The normalized spacial score (nSPS) is 10.5. The van der Waals surface area contributed by atoms with Crippen LogP contribution in [0.1, 0.15) is 19.4 Å². The van der Waals surface area contributed by atoms with Crippen molar-refractivity contribution in [2.75, 3.05) is 13.2 Å². The molecule has 0 aliphatic carbocycles. The third-order valence-corrected chi connectivity index (χ3v) is 2.39. The summed E-state index contributed by atoms with van der Waals surface area (Å²) in [6.07, 6.45) is 0. The number of aliphatic hydroxyl groups excluding tert-OH is 1. The summed E-state index contributed by atoms with van der Waals surface area (Å²) in [5.74, 6) is 0.0492. The van der Waals surface area contributed by atoms with Crippen molar-refractivity contribution in [1.29, 1.82) is 0 Å². The van der Waals surface area contributed by atoms with Gasteiger partial charge in [0.25, 0.3) is 0 Å². The minimum Gasteiger partial charge on any atom is -0.395 e. The van der Waals surface area contributed by atoms with Crippen molar-refractivity contribution in [3.05, 3.63) is 35.9 Å². The third kappa shape index (κ3) is 3.66. The average Bonchev–Trinajstić information content (AvgIpc) is 2.29. The Labute approximate surface area is 96.7 Å². The molecular formula is C13H19NO2. The van der Waals surface area contributed by atoms with E-state index in [1.807, 2.05) is 44.2 Å². The summed E-state index contributed by atoms with van der Waals surface area (Å²) in [5.41, 5.74) is 1.09. The van der Waals surface area contributed by atoms with Crippen LogP contribution >= 0.6 is 0 Å². The second-order valence-corrected chi connectivity index (χ2v) is 4.12. The Morgan fingerprint density at radius 1 is 1.31 bits per heavy atom. The molecule has 3 heteroatoms. The highest BCUT2D eigenvalue weighted by Gasteiger charge is 2.16. The van der Waals surface area contributed by atoms with Gasteiger partial charge in [0.05, 0.1) is 6.61 Å². The molecule has 0 aliphatic heterocycles. The van der Waals surface area contributed by atoms with Crippen molar-refractivity contribution in [2.45, 2.75) is 20.4 Å². The van der Waals surface area contributed by atoms with E-state index >= 15 is 0 Å². The summed E-state index contributed by atoms with van der Waals surface area (Å²) in [7, 11) is 0. The van der Waals surface area contributed by atoms with Crippen LogP contribution in [0.4, 0.5) is 0 Å². The van der Waals surface area contributed by atoms with E-state index < -0.39 is 0 Å². The average molecular weight is 221 g/mol. The van der Waals surface area contributed by atoms with E-state index in [1.54, 1.807) is 4.90 Å². The first kappa shape index (κ1) is 12.7. The minimum absolute atomic E-state index is 0.00525. The highest BCUT2D eigenvalue weighted by Crippen LogP contribution is 2.08. The second kappa shape index (κ2) is 6.28. The number of carbonyl (C=O) groups excluding carboxylic acids is 1. The Morgan fingerprint density at radius 2 is 1.94 bits per heavy atom. The minimum atomic E-state index is -0.0322. The van der Waals surface area contributed by atoms with E-state index in [-0.39, 0.29) is 18.4 Å². The van der Waals surface area contributed by atoms with Gasteiger partial charge in [0.2, 0.25) is 5.91 Å². The molecule has 1 aromatic rings. The smallest absolute Gasteiger partial charge is 0.225 e. The Hall–Kier alpha value is -1.35. The first-order chi connectivity index (χ1) is 7.65. The molecule has 3 nitrogen and oxygen atoms in total. The van der Waals surface area contributed by atoms with Crippen molar-refractivity contribution in [2.24, 2.45) is 5.92 Å². The van der Waals surface area contributed by atoms with Crippen LogP contribution in [0.25, 0.3) is 0 Å². The topological polar surface area (TPSA) is 40.5 Å². The first-order valence-corrected chi connectivity index (χ1v) is 5.58. The Balaban J connectivity index is 2.68. The van der Waals surface area contributed by atoms with Gasteiger partial charge in [0, 0.05) is 19.0 Å². The molecule has 0 fully saturated rings. The predicted molar refractivity (Wildman–Crippen MR) is 63.8 cm³/mol. The van der Waals surface area contributed by atoms with Crippen molar-refractivity contribution >= 4 is 5.91 Å². The molecule has 0 aliphatic rings. The largest absolute Gasteiger partial charge is 0.395 e. The van der Waals surface area contributed by atoms with Crippen LogP contribution in [0.5, 0.6) is 0 Å². The Bertz CT molecular complexity index is 322. The molecular weight excluding hydrogens is 202 g/mol. The van der Waals surface area contributed by atoms with E-state index in [1.165, 1.54) is 0 Å². The number of carbonyl (C=O) groups is 1. The van der Waals surface area contributed by atoms with Crippen LogP contribution in [-0.4, -0.2) is 29.1 Å². The quantitative estimate of drug-likeness (QED) is 0.821. The zero-order valence-corrected chi connectivity index (χ0v) is 9.89. The molecule has 1 rings (SSSR count). The van der Waals surface area contributed by atoms with Crippen LogP contribution in [0.2, 0.25) is 0 Å². The summed E-state index contributed by atoms with van der Waals surface area (Å²) in [4.78, 5) is 13.5. The van der Waals surface area contributed by atoms with Crippen molar-refractivity contribution in [1.82, 2.24) is 4.90 Å². The molecule has 0 aromatic heterocycles. The van der Waals surface area contributed by atoms with Gasteiger partial charge < -0.3 is 10.0 Å². The number of aliphatic hydroxyl groups is 1. The fourth-order valence-electron chi connectivity index (χ4n) is 1.56. The van der Waals surface area contributed by atoms with Gasteiger partial charge in [-0.15, -0.1) is 0 Å². The molecule has 0 bridgehead atoms. The number of hydrogen-bond donors (Lipinski definition) is 1. The van der Waals surface area contributed by atoms with Crippen LogP contribution < -0.4 is 0 Å². The van der Waals surface area contributed by atoms with Gasteiger partial charge in [-0.05, 0) is 5.56 Å². The zero-order valence-electron chi connectivity index (χ0n) is 9.89. The lowest BCUT2D eigenvalue weighted by Crippen LogP contribution is -2.35. The SMILES string of the molecule is CC(C)C(=O)N(CCO)Cc1ccccc1. The lowest BCUT2D eigenvalue weighted by Gasteiger charge is -2.23. The highest BCUT2D eigenvalue weighted by molar-refractivity contribution is 5.78.